The molecule has 0 saturated heterocycles. The standard InChI is InChI=1S/C10H16N4O3/c1-4-17-10(16)7(11)9(15)12-8-5(2)6(3)13-14-8/h7H,4,11H2,1-3H3,(H2,12,13,14,15). The Kier molecular flexibility index (Phi) is 4.22. The van der Waals surface area contributed by atoms with Crippen molar-refractivity contribution in [3.05, 3.63) is 11.3 Å². The number of esters is 1. The summed E-state index contributed by atoms with van der Waals surface area (Å²) in [5.41, 5.74) is 7.07. The maximum absolute atomic E-state index is 11.6. The summed E-state index contributed by atoms with van der Waals surface area (Å²) in [5, 5.41) is 9.06. The third-order valence-electron chi connectivity index (χ3n) is 2.32. The second-order valence-electron chi connectivity index (χ2n) is 3.54. The number of hydrogen-bond donors (Lipinski definition) is 3. The largest absolute Gasteiger partial charge is 0.464 e. The maximum Gasteiger partial charge on any atom is 0.332 e. The number of amides is 1. The molecule has 1 aromatic rings. The Morgan fingerprint density at radius 1 is 1.53 bits per heavy atom. The fraction of sp³-hybridized carbons (Fsp3) is 0.500. The molecule has 7 nitrogen and oxygen atoms in total. The first-order valence-corrected chi connectivity index (χ1v) is 5.22. The number of aromatic nitrogens is 2. The van der Waals surface area contributed by atoms with E-state index in [0.717, 1.165) is 11.3 Å². The quantitative estimate of drug-likeness (QED) is 0.501. The third-order valence-corrected chi connectivity index (χ3v) is 2.32. The average molecular weight is 240 g/mol. The highest BCUT2D eigenvalue weighted by atomic mass is 16.5. The number of aromatic amines is 1. The van der Waals surface area contributed by atoms with E-state index in [9.17, 15) is 9.59 Å². The normalized spacial score (nSPS) is 12.0. The summed E-state index contributed by atoms with van der Waals surface area (Å²) in [6, 6.07) is -1.34. The maximum atomic E-state index is 11.6. The zero-order valence-corrected chi connectivity index (χ0v) is 10.0. The molecule has 0 aliphatic rings. The van der Waals surface area contributed by atoms with Crippen molar-refractivity contribution in [3.8, 4) is 0 Å². The third kappa shape index (κ3) is 3.04. The van der Waals surface area contributed by atoms with Gasteiger partial charge in [0.05, 0.1) is 6.61 Å². The van der Waals surface area contributed by atoms with Gasteiger partial charge in [0.25, 0.3) is 5.91 Å². The first-order chi connectivity index (χ1) is 7.97. The Bertz CT molecular complexity index is 427. The summed E-state index contributed by atoms with van der Waals surface area (Å²) in [6.07, 6.45) is 0. The van der Waals surface area contributed by atoms with Crippen LogP contribution in [0.3, 0.4) is 0 Å². The van der Waals surface area contributed by atoms with Crippen LogP contribution in [-0.2, 0) is 14.3 Å². The van der Waals surface area contributed by atoms with Crippen LogP contribution >= 0.6 is 0 Å². The van der Waals surface area contributed by atoms with Gasteiger partial charge in [0.2, 0.25) is 0 Å². The fourth-order valence-corrected chi connectivity index (χ4v) is 1.14. The summed E-state index contributed by atoms with van der Waals surface area (Å²) in [5.74, 6) is -1.03. The van der Waals surface area contributed by atoms with Crippen molar-refractivity contribution in [2.24, 2.45) is 5.73 Å². The molecule has 1 atom stereocenters. The molecule has 1 heterocycles. The van der Waals surface area contributed by atoms with Crippen molar-refractivity contribution < 1.29 is 14.3 Å². The van der Waals surface area contributed by atoms with E-state index >= 15 is 0 Å². The Hall–Kier alpha value is -1.89. The van der Waals surface area contributed by atoms with Gasteiger partial charge in [-0.25, -0.2) is 4.79 Å². The average Bonchev–Trinajstić information content (AvgIpc) is 2.60. The predicted molar refractivity (Wildman–Crippen MR) is 61.3 cm³/mol. The van der Waals surface area contributed by atoms with Crippen molar-refractivity contribution in [1.82, 2.24) is 10.2 Å². The van der Waals surface area contributed by atoms with Crippen molar-refractivity contribution >= 4 is 17.7 Å². The molecule has 0 spiro atoms. The molecule has 0 aromatic carbocycles. The van der Waals surface area contributed by atoms with Crippen LogP contribution in [0, 0.1) is 13.8 Å². The Morgan fingerprint density at radius 3 is 2.65 bits per heavy atom. The van der Waals surface area contributed by atoms with Gasteiger partial charge in [-0.1, -0.05) is 0 Å². The minimum atomic E-state index is -1.34. The lowest BCUT2D eigenvalue weighted by molar-refractivity contribution is -0.146. The zero-order valence-electron chi connectivity index (χ0n) is 10.0. The van der Waals surface area contributed by atoms with E-state index < -0.39 is 17.9 Å². The molecule has 0 fully saturated rings. The number of nitrogens with zero attached hydrogens (tertiary/aromatic N) is 1. The Labute approximate surface area is 98.7 Å². The predicted octanol–water partition coefficient (Wildman–Crippen LogP) is -0.145. The molecule has 0 radical (unpaired) electrons. The van der Waals surface area contributed by atoms with Crippen molar-refractivity contribution in [3.63, 3.8) is 0 Å². The number of nitrogens with one attached hydrogen (secondary N) is 2. The Morgan fingerprint density at radius 2 is 2.18 bits per heavy atom. The summed E-state index contributed by atoms with van der Waals surface area (Å²) in [7, 11) is 0. The summed E-state index contributed by atoms with van der Waals surface area (Å²) < 4.78 is 4.64. The van der Waals surface area contributed by atoms with Gasteiger partial charge in [-0.2, -0.15) is 5.10 Å². The number of H-pyrrole nitrogens is 1. The number of rotatable bonds is 4. The molecular formula is C10H16N4O3. The minimum absolute atomic E-state index is 0.181. The molecule has 4 N–H and O–H groups in total. The fourth-order valence-electron chi connectivity index (χ4n) is 1.14. The van der Waals surface area contributed by atoms with Gasteiger partial charge in [-0.15, -0.1) is 0 Å². The lowest BCUT2D eigenvalue weighted by atomic mass is 10.2. The monoisotopic (exact) mass is 240 g/mol. The van der Waals surface area contributed by atoms with Crippen LogP contribution in [0.15, 0.2) is 0 Å². The van der Waals surface area contributed by atoms with Gasteiger partial charge in [-0.05, 0) is 20.8 Å². The summed E-state index contributed by atoms with van der Waals surface area (Å²) in [4.78, 5) is 22.8. The molecule has 1 unspecified atom stereocenters. The second kappa shape index (κ2) is 5.44. The molecule has 0 aliphatic carbocycles. The number of ether oxygens (including phenoxy) is 1. The van der Waals surface area contributed by atoms with Crippen LogP contribution in [0.2, 0.25) is 0 Å². The van der Waals surface area contributed by atoms with E-state index in [1.807, 2.05) is 6.92 Å². The highest BCUT2D eigenvalue weighted by molar-refractivity contribution is 6.08. The summed E-state index contributed by atoms with van der Waals surface area (Å²) >= 11 is 0. The molecule has 0 saturated carbocycles. The van der Waals surface area contributed by atoms with E-state index in [0.29, 0.717) is 5.82 Å². The second-order valence-corrected chi connectivity index (χ2v) is 3.54. The topological polar surface area (TPSA) is 110 Å². The smallest absolute Gasteiger partial charge is 0.332 e. The first-order valence-electron chi connectivity index (χ1n) is 5.22. The Balaban J connectivity index is 2.66. The van der Waals surface area contributed by atoms with E-state index in [-0.39, 0.29) is 6.61 Å². The van der Waals surface area contributed by atoms with E-state index in [2.05, 4.69) is 20.3 Å². The number of carbonyl (C=O) groups is 2. The molecule has 1 rings (SSSR count). The number of aryl methyl sites for hydroxylation is 1. The van der Waals surface area contributed by atoms with Crippen molar-refractivity contribution in [2.45, 2.75) is 26.8 Å². The number of hydrogen-bond acceptors (Lipinski definition) is 5. The van der Waals surface area contributed by atoms with Gasteiger partial charge in [0.15, 0.2) is 11.9 Å². The van der Waals surface area contributed by atoms with E-state index in [1.54, 1.807) is 13.8 Å². The number of nitrogens with two attached hydrogens (primary N) is 1. The van der Waals surface area contributed by atoms with Crippen molar-refractivity contribution in [2.75, 3.05) is 11.9 Å². The van der Waals surface area contributed by atoms with Gasteiger partial charge in [-0.3, -0.25) is 9.89 Å². The summed E-state index contributed by atoms with van der Waals surface area (Å²) in [6.45, 7) is 5.44. The first kappa shape index (κ1) is 13.2. The van der Waals surface area contributed by atoms with Gasteiger partial charge >= 0.3 is 5.97 Å². The highest BCUT2D eigenvalue weighted by Crippen LogP contribution is 2.13. The molecule has 1 amide bonds. The van der Waals surface area contributed by atoms with Crippen LogP contribution in [-0.4, -0.2) is 34.7 Å². The molecule has 17 heavy (non-hydrogen) atoms. The molecule has 0 aliphatic heterocycles. The number of anilines is 1. The lowest BCUT2D eigenvalue weighted by Gasteiger charge is -2.10. The zero-order chi connectivity index (χ0) is 13.0. The van der Waals surface area contributed by atoms with Crippen molar-refractivity contribution in [1.29, 1.82) is 0 Å². The molecule has 1 aromatic heterocycles. The molecule has 0 bridgehead atoms. The molecular weight excluding hydrogens is 224 g/mol. The van der Waals surface area contributed by atoms with Crippen LogP contribution in [0.5, 0.6) is 0 Å². The van der Waals surface area contributed by atoms with E-state index in [1.165, 1.54) is 0 Å². The molecule has 7 heteroatoms. The van der Waals surface area contributed by atoms with Gasteiger partial charge < -0.3 is 15.8 Å². The minimum Gasteiger partial charge on any atom is -0.464 e. The SMILES string of the molecule is CCOC(=O)C(N)C(=O)Nc1n[nH]c(C)c1C. The van der Waals surface area contributed by atoms with Crippen LogP contribution in [0.1, 0.15) is 18.2 Å². The van der Waals surface area contributed by atoms with Crippen LogP contribution < -0.4 is 11.1 Å². The lowest BCUT2D eigenvalue weighted by Crippen LogP contribution is -2.43. The number of carbonyl (C=O) groups excluding carboxylic acids is 2. The van der Waals surface area contributed by atoms with Crippen LogP contribution in [0.4, 0.5) is 5.82 Å². The van der Waals surface area contributed by atoms with Gasteiger partial charge in [0.1, 0.15) is 0 Å². The van der Waals surface area contributed by atoms with Crippen LogP contribution in [0.25, 0.3) is 0 Å². The van der Waals surface area contributed by atoms with E-state index in [4.69, 9.17) is 5.73 Å². The molecule has 94 valence electrons. The van der Waals surface area contributed by atoms with Gasteiger partial charge in [0, 0.05) is 11.3 Å². The highest BCUT2D eigenvalue weighted by Gasteiger charge is 2.24.